The van der Waals surface area contributed by atoms with Crippen LogP contribution in [0.2, 0.25) is 0 Å². The number of benzene rings is 2. The van der Waals surface area contributed by atoms with E-state index in [-0.39, 0.29) is 18.3 Å². The van der Waals surface area contributed by atoms with Crippen LogP contribution in [0.3, 0.4) is 0 Å². The lowest BCUT2D eigenvalue weighted by atomic mass is 10.0. The van der Waals surface area contributed by atoms with Gasteiger partial charge in [0.2, 0.25) is 5.88 Å². The second-order valence-electron chi connectivity index (χ2n) is 8.59. The normalized spacial score (nSPS) is 17.5. The van der Waals surface area contributed by atoms with Crippen LogP contribution in [0.25, 0.3) is 5.69 Å². The first kappa shape index (κ1) is 26.2. The number of hydrogen-bond acceptors (Lipinski definition) is 6. The molecule has 0 radical (unpaired) electrons. The van der Waals surface area contributed by atoms with Gasteiger partial charge in [0, 0.05) is 19.5 Å². The second kappa shape index (κ2) is 11.5. The lowest BCUT2D eigenvalue weighted by molar-refractivity contribution is -0.144. The number of para-hydroxylation sites is 1. The summed E-state index contributed by atoms with van der Waals surface area (Å²) in [5.41, 5.74) is 1.62. The summed E-state index contributed by atoms with van der Waals surface area (Å²) < 4.78 is 34.5. The number of anilines is 1. The minimum absolute atomic E-state index is 0.0779. The maximum Gasteiger partial charge on any atom is 0.320 e. The van der Waals surface area contributed by atoms with Crippen molar-refractivity contribution in [2.75, 3.05) is 25.0 Å². The molecule has 0 saturated carbocycles. The molecule has 2 N–H and O–H groups in total. The topological polar surface area (TPSA) is 97.7 Å². The molecule has 1 aliphatic heterocycles. The highest BCUT2D eigenvalue weighted by Crippen LogP contribution is 2.31. The number of nitrogens with zero attached hydrogens (tertiary/aromatic N) is 3. The predicted molar refractivity (Wildman–Crippen MR) is 132 cm³/mol. The molecule has 11 heteroatoms. The average Bonchev–Trinajstić information content (AvgIpc) is 3.45. The summed E-state index contributed by atoms with van der Waals surface area (Å²) in [5, 5.41) is 11.8. The van der Waals surface area contributed by atoms with E-state index in [0.717, 1.165) is 12.1 Å². The zero-order valence-electron chi connectivity index (χ0n) is 20.8. The molecule has 37 heavy (non-hydrogen) atoms. The maximum atomic E-state index is 13.9. The molecule has 2 aromatic carbocycles. The van der Waals surface area contributed by atoms with Crippen molar-refractivity contribution in [1.82, 2.24) is 20.2 Å². The van der Waals surface area contributed by atoms with E-state index in [9.17, 15) is 18.4 Å². The molecule has 0 unspecified atom stereocenters. The fourth-order valence-corrected chi connectivity index (χ4v) is 3.98. The molecule has 196 valence electrons. The molecule has 9 nitrogen and oxygen atoms in total. The van der Waals surface area contributed by atoms with Crippen molar-refractivity contribution in [1.29, 1.82) is 0 Å². The monoisotopic (exact) mass is 513 g/mol. The number of rotatable bonds is 9. The molecular formula is C26H29F2N5O4. The van der Waals surface area contributed by atoms with Crippen LogP contribution in [0.1, 0.15) is 37.5 Å². The third-order valence-electron chi connectivity index (χ3n) is 6.05. The van der Waals surface area contributed by atoms with E-state index < -0.39 is 29.8 Å². The average molecular weight is 514 g/mol. The van der Waals surface area contributed by atoms with Gasteiger partial charge in [0.15, 0.2) is 17.4 Å². The van der Waals surface area contributed by atoms with E-state index in [1.165, 1.54) is 10.7 Å². The maximum absolute atomic E-state index is 13.9. The highest BCUT2D eigenvalue weighted by Gasteiger charge is 2.36. The molecule has 0 aliphatic carbocycles. The van der Waals surface area contributed by atoms with Crippen LogP contribution < -0.4 is 15.4 Å². The number of aromatic nitrogens is 2. The van der Waals surface area contributed by atoms with Crippen molar-refractivity contribution in [2.24, 2.45) is 0 Å². The van der Waals surface area contributed by atoms with E-state index >= 15 is 0 Å². The summed E-state index contributed by atoms with van der Waals surface area (Å²) >= 11 is 0. The number of hydroxylamine groups is 2. The molecule has 2 atom stereocenters. The van der Waals surface area contributed by atoms with Gasteiger partial charge in [-0.05, 0) is 36.8 Å². The first-order chi connectivity index (χ1) is 17.8. The number of nitrogens with one attached hydrogen (secondary N) is 2. The Balaban J connectivity index is 1.57. The summed E-state index contributed by atoms with van der Waals surface area (Å²) in [6.45, 7) is 6.12. The number of ether oxygens (including phenoxy) is 1. The summed E-state index contributed by atoms with van der Waals surface area (Å²) in [7, 11) is 0. The Morgan fingerprint density at radius 3 is 2.57 bits per heavy atom. The van der Waals surface area contributed by atoms with Crippen LogP contribution in [0.5, 0.6) is 5.88 Å². The standard InChI is InChI=1S/C26H29F2N5O4/c1-4-19(34)15-36-25-16(3)24(33(31-25)18-9-7-6-8-10-18)30-26(35)29-22-14-32(5-2)37-23(22)17-11-12-20(27)21(28)13-17/h6-13,22-23H,4-5,14-15H2,1-3H3,(H2,29,30,35)/t22-,23+/m1/s1. The Kier molecular flexibility index (Phi) is 8.14. The smallest absolute Gasteiger partial charge is 0.320 e. The van der Waals surface area contributed by atoms with Gasteiger partial charge in [-0.25, -0.2) is 18.3 Å². The molecular weight excluding hydrogens is 484 g/mol. The molecule has 2 heterocycles. The van der Waals surface area contributed by atoms with Gasteiger partial charge in [-0.15, -0.1) is 5.10 Å². The number of Topliss-reactive ketones (excluding diaryl/α,β-unsaturated/α-hetero) is 1. The highest BCUT2D eigenvalue weighted by atomic mass is 19.2. The van der Waals surface area contributed by atoms with Gasteiger partial charge >= 0.3 is 6.03 Å². The number of hydrogen-bond donors (Lipinski definition) is 2. The molecule has 2 amide bonds. The minimum Gasteiger partial charge on any atom is -0.468 e. The Bertz CT molecular complexity index is 1270. The number of ketones is 1. The van der Waals surface area contributed by atoms with Crippen molar-refractivity contribution >= 4 is 17.6 Å². The summed E-state index contributed by atoms with van der Waals surface area (Å²) in [4.78, 5) is 30.8. The lowest BCUT2D eigenvalue weighted by Crippen LogP contribution is -2.42. The van der Waals surface area contributed by atoms with Crippen molar-refractivity contribution in [3.05, 3.63) is 71.3 Å². The lowest BCUT2D eigenvalue weighted by Gasteiger charge is -2.19. The van der Waals surface area contributed by atoms with Crippen molar-refractivity contribution < 1.29 is 27.9 Å². The molecule has 1 aliphatic rings. The summed E-state index contributed by atoms with van der Waals surface area (Å²) in [6.07, 6.45) is -0.372. The molecule has 0 spiro atoms. The van der Waals surface area contributed by atoms with Crippen LogP contribution in [0.4, 0.5) is 19.4 Å². The van der Waals surface area contributed by atoms with Crippen LogP contribution in [-0.2, 0) is 9.63 Å². The highest BCUT2D eigenvalue weighted by molar-refractivity contribution is 5.90. The first-order valence-corrected chi connectivity index (χ1v) is 12.0. The first-order valence-electron chi connectivity index (χ1n) is 12.0. The molecule has 3 aromatic rings. The number of amides is 2. The van der Waals surface area contributed by atoms with Gasteiger partial charge in [0.05, 0.1) is 17.3 Å². The molecule has 1 fully saturated rings. The quantitative estimate of drug-likeness (QED) is 0.443. The van der Waals surface area contributed by atoms with Gasteiger partial charge in [0.25, 0.3) is 0 Å². The summed E-state index contributed by atoms with van der Waals surface area (Å²) in [6, 6.07) is 11.6. The van der Waals surface area contributed by atoms with Crippen LogP contribution >= 0.6 is 0 Å². The fourth-order valence-electron chi connectivity index (χ4n) is 3.98. The second-order valence-corrected chi connectivity index (χ2v) is 8.59. The van der Waals surface area contributed by atoms with Crippen molar-refractivity contribution in [3.8, 4) is 11.6 Å². The molecule has 4 rings (SSSR count). The number of urea groups is 1. The third-order valence-corrected chi connectivity index (χ3v) is 6.05. The van der Waals surface area contributed by atoms with Crippen LogP contribution in [-0.4, -0.2) is 52.4 Å². The number of likely N-dealkylation sites (N-methyl/N-ethyl adjacent to an activating group) is 1. The molecule has 1 saturated heterocycles. The third kappa shape index (κ3) is 5.95. The predicted octanol–water partition coefficient (Wildman–Crippen LogP) is 4.32. The van der Waals surface area contributed by atoms with E-state index in [2.05, 4.69) is 15.7 Å². The van der Waals surface area contributed by atoms with Gasteiger partial charge in [0.1, 0.15) is 18.5 Å². The van der Waals surface area contributed by atoms with Crippen LogP contribution in [0.15, 0.2) is 48.5 Å². The van der Waals surface area contributed by atoms with Gasteiger partial charge in [-0.2, -0.15) is 5.06 Å². The summed E-state index contributed by atoms with van der Waals surface area (Å²) in [5.74, 6) is -1.44. The Labute approximate surface area is 213 Å². The Morgan fingerprint density at radius 2 is 1.89 bits per heavy atom. The zero-order valence-corrected chi connectivity index (χ0v) is 20.8. The Hall–Kier alpha value is -3.83. The number of halogens is 2. The zero-order chi connectivity index (χ0) is 26.5. The number of carbonyl (C=O) groups excluding carboxylic acids is 2. The number of carbonyl (C=O) groups is 2. The van der Waals surface area contributed by atoms with Crippen LogP contribution in [0, 0.1) is 18.6 Å². The van der Waals surface area contributed by atoms with Crippen molar-refractivity contribution in [3.63, 3.8) is 0 Å². The van der Waals surface area contributed by atoms with E-state index in [4.69, 9.17) is 9.57 Å². The van der Waals surface area contributed by atoms with E-state index in [1.54, 1.807) is 18.9 Å². The van der Waals surface area contributed by atoms with Gasteiger partial charge in [-0.3, -0.25) is 14.9 Å². The van der Waals surface area contributed by atoms with E-state index in [0.29, 0.717) is 42.1 Å². The largest absolute Gasteiger partial charge is 0.468 e. The van der Waals surface area contributed by atoms with Gasteiger partial charge in [-0.1, -0.05) is 38.1 Å². The fraction of sp³-hybridized carbons (Fsp3) is 0.346. The molecule has 1 aromatic heterocycles. The van der Waals surface area contributed by atoms with E-state index in [1.807, 2.05) is 37.3 Å². The molecule has 0 bridgehead atoms. The Morgan fingerprint density at radius 1 is 1.14 bits per heavy atom. The minimum atomic E-state index is -0.990. The van der Waals surface area contributed by atoms with Gasteiger partial charge < -0.3 is 10.1 Å². The van der Waals surface area contributed by atoms with Crippen molar-refractivity contribution in [2.45, 2.75) is 39.3 Å². The SMILES string of the molecule is CCC(=O)COc1nn(-c2ccccc2)c(NC(=O)N[C@@H]2CN(CC)O[C@H]2c2ccc(F)c(F)c2)c1C.